The van der Waals surface area contributed by atoms with Crippen LogP contribution in [-0.4, -0.2) is 35.3 Å². The number of rotatable bonds is 7. The molecular weight excluding hydrogens is 386 g/mol. The molecule has 1 amide bonds. The van der Waals surface area contributed by atoms with Crippen LogP contribution in [0.5, 0.6) is 11.5 Å². The minimum absolute atomic E-state index is 0.0212. The van der Waals surface area contributed by atoms with Crippen LogP contribution in [0.3, 0.4) is 0 Å². The summed E-state index contributed by atoms with van der Waals surface area (Å²) >= 11 is 0. The number of nitrogens with one attached hydrogen (secondary N) is 1. The van der Waals surface area contributed by atoms with Crippen LogP contribution in [0.25, 0.3) is 16.6 Å². The third-order valence-corrected chi connectivity index (χ3v) is 5.00. The Kier molecular flexibility index (Phi) is 6.25. The second-order valence-electron chi connectivity index (χ2n) is 6.94. The van der Waals surface area contributed by atoms with Gasteiger partial charge >= 0.3 is 5.69 Å². The molecule has 3 aromatic rings. The van der Waals surface area contributed by atoms with Crippen molar-refractivity contribution in [2.75, 3.05) is 14.2 Å². The highest BCUT2D eigenvalue weighted by Gasteiger charge is 2.19. The molecule has 8 nitrogen and oxygen atoms in total. The zero-order valence-electron chi connectivity index (χ0n) is 17.5. The summed E-state index contributed by atoms with van der Waals surface area (Å²) in [5, 5.41) is 3.18. The van der Waals surface area contributed by atoms with E-state index in [1.807, 2.05) is 13.8 Å². The van der Waals surface area contributed by atoms with Gasteiger partial charge in [0.25, 0.3) is 5.56 Å². The Morgan fingerprint density at radius 1 is 1.10 bits per heavy atom. The molecule has 0 unspecified atom stereocenters. The van der Waals surface area contributed by atoms with Crippen LogP contribution >= 0.6 is 0 Å². The van der Waals surface area contributed by atoms with Crippen LogP contribution in [0.15, 0.2) is 52.1 Å². The van der Waals surface area contributed by atoms with E-state index in [2.05, 4.69) is 5.32 Å². The predicted molar refractivity (Wildman–Crippen MR) is 115 cm³/mol. The smallest absolute Gasteiger partial charge is 0.336 e. The normalized spacial score (nSPS) is 11.9. The minimum atomic E-state index is -0.624. The van der Waals surface area contributed by atoms with Gasteiger partial charge in [0.15, 0.2) is 0 Å². The molecule has 0 radical (unpaired) electrons. The van der Waals surface area contributed by atoms with Gasteiger partial charge in [-0.3, -0.25) is 14.2 Å². The number of ether oxygens (including phenoxy) is 2. The molecule has 1 aromatic heterocycles. The Bertz CT molecular complexity index is 1200. The lowest BCUT2D eigenvalue weighted by molar-refractivity contribution is -0.122. The maximum Gasteiger partial charge on any atom is 0.336 e. The number of nitrogens with zero attached hydrogens (tertiary/aromatic N) is 2. The average Bonchev–Trinajstić information content (AvgIpc) is 2.76. The molecule has 1 N–H and O–H groups in total. The van der Waals surface area contributed by atoms with Crippen molar-refractivity contribution in [1.82, 2.24) is 14.5 Å². The van der Waals surface area contributed by atoms with Crippen LogP contribution in [0, 0.1) is 0 Å². The average molecular weight is 411 g/mol. The Morgan fingerprint density at radius 2 is 1.83 bits per heavy atom. The van der Waals surface area contributed by atoms with Crippen LogP contribution < -0.4 is 26.0 Å². The standard InChI is InChI=1S/C22H25N3O5/c1-5-14(2)23-20(26)13-24-17-9-7-6-8-16(17)21(27)25(22(24)28)18-11-10-15(29-3)12-19(18)30-4/h6-12,14H,5,13H2,1-4H3,(H,23,26)/t14-/m1/s1. The molecule has 0 saturated carbocycles. The highest BCUT2D eigenvalue weighted by molar-refractivity contribution is 5.82. The number of amides is 1. The lowest BCUT2D eigenvalue weighted by atomic mass is 10.2. The Labute approximate surface area is 173 Å². The van der Waals surface area contributed by atoms with E-state index in [-0.39, 0.29) is 24.2 Å². The van der Waals surface area contributed by atoms with Gasteiger partial charge in [0.1, 0.15) is 18.0 Å². The number of hydrogen-bond donors (Lipinski definition) is 1. The van der Waals surface area contributed by atoms with Crippen molar-refractivity contribution in [3.63, 3.8) is 0 Å². The Hall–Kier alpha value is -3.55. The maximum atomic E-state index is 13.4. The van der Waals surface area contributed by atoms with Crippen LogP contribution in [0.1, 0.15) is 20.3 Å². The molecule has 0 bridgehead atoms. The van der Waals surface area contributed by atoms with Gasteiger partial charge in [-0.25, -0.2) is 9.36 Å². The quantitative estimate of drug-likeness (QED) is 0.643. The van der Waals surface area contributed by atoms with E-state index in [1.165, 1.54) is 18.8 Å². The van der Waals surface area contributed by atoms with E-state index in [1.54, 1.807) is 42.5 Å². The van der Waals surface area contributed by atoms with Crippen molar-refractivity contribution in [3.8, 4) is 17.2 Å². The van der Waals surface area contributed by atoms with Crippen molar-refractivity contribution < 1.29 is 14.3 Å². The lowest BCUT2D eigenvalue weighted by Gasteiger charge is -2.17. The van der Waals surface area contributed by atoms with Gasteiger partial charge in [-0.15, -0.1) is 0 Å². The fourth-order valence-electron chi connectivity index (χ4n) is 3.22. The highest BCUT2D eigenvalue weighted by atomic mass is 16.5. The first-order valence-corrected chi connectivity index (χ1v) is 9.67. The third kappa shape index (κ3) is 3.94. The minimum Gasteiger partial charge on any atom is -0.497 e. The molecule has 158 valence electrons. The van der Waals surface area contributed by atoms with Crippen molar-refractivity contribution in [2.24, 2.45) is 0 Å². The molecule has 0 aliphatic rings. The van der Waals surface area contributed by atoms with Crippen molar-refractivity contribution in [2.45, 2.75) is 32.9 Å². The zero-order valence-corrected chi connectivity index (χ0v) is 17.5. The molecule has 1 atom stereocenters. The topological polar surface area (TPSA) is 91.6 Å². The van der Waals surface area contributed by atoms with Gasteiger partial charge in [-0.1, -0.05) is 19.1 Å². The maximum absolute atomic E-state index is 13.4. The summed E-state index contributed by atoms with van der Waals surface area (Å²) < 4.78 is 12.9. The summed E-state index contributed by atoms with van der Waals surface area (Å²) in [6, 6.07) is 11.5. The van der Waals surface area contributed by atoms with E-state index < -0.39 is 11.2 Å². The van der Waals surface area contributed by atoms with Gasteiger partial charge in [-0.05, 0) is 37.6 Å². The third-order valence-electron chi connectivity index (χ3n) is 5.00. The first-order valence-electron chi connectivity index (χ1n) is 9.67. The van der Waals surface area contributed by atoms with Gasteiger partial charge in [-0.2, -0.15) is 0 Å². The summed E-state index contributed by atoms with van der Waals surface area (Å²) in [6.45, 7) is 3.65. The van der Waals surface area contributed by atoms with E-state index in [4.69, 9.17) is 9.47 Å². The van der Waals surface area contributed by atoms with Crippen molar-refractivity contribution in [3.05, 3.63) is 63.3 Å². The first-order chi connectivity index (χ1) is 14.4. The lowest BCUT2D eigenvalue weighted by Crippen LogP contribution is -2.43. The van der Waals surface area contributed by atoms with E-state index in [0.29, 0.717) is 22.4 Å². The molecular formula is C22H25N3O5. The van der Waals surface area contributed by atoms with Crippen LogP contribution in [-0.2, 0) is 11.3 Å². The van der Waals surface area contributed by atoms with Crippen molar-refractivity contribution >= 4 is 16.8 Å². The molecule has 30 heavy (non-hydrogen) atoms. The SMILES string of the molecule is CC[C@@H](C)NC(=O)Cn1c(=O)n(-c2ccc(OC)cc2OC)c(=O)c2ccccc21. The summed E-state index contributed by atoms with van der Waals surface area (Å²) in [4.78, 5) is 39.1. The first kappa shape index (κ1) is 21.2. The van der Waals surface area contributed by atoms with Gasteiger partial charge in [0.05, 0.1) is 30.8 Å². The molecule has 0 saturated heterocycles. The number of benzene rings is 2. The summed E-state index contributed by atoms with van der Waals surface area (Å²) in [6.07, 6.45) is 0.768. The summed E-state index contributed by atoms with van der Waals surface area (Å²) in [5.74, 6) is 0.528. The van der Waals surface area contributed by atoms with Gasteiger partial charge in [0, 0.05) is 12.1 Å². The molecule has 0 fully saturated rings. The van der Waals surface area contributed by atoms with Gasteiger partial charge in [0.2, 0.25) is 5.91 Å². The summed E-state index contributed by atoms with van der Waals surface area (Å²) in [7, 11) is 2.96. The fraction of sp³-hybridized carbons (Fsp3) is 0.318. The zero-order chi connectivity index (χ0) is 21.8. The molecule has 3 rings (SSSR count). The highest BCUT2D eigenvalue weighted by Crippen LogP contribution is 2.26. The molecule has 0 aliphatic heterocycles. The Morgan fingerprint density at radius 3 is 2.50 bits per heavy atom. The molecule has 2 aromatic carbocycles. The van der Waals surface area contributed by atoms with Crippen LogP contribution in [0.2, 0.25) is 0 Å². The fourth-order valence-corrected chi connectivity index (χ4v) is 3.22. The van der Waals surface area contributed by atoms with E-state index >= 15 is 0 Å². The number of fused-ring (bicyclic) bond motifs is 1. The molecule has 0 aliphatic carbocycles. The van der Waals surface area contributed by atoms with Crippen molar-refractivity contribution in [1.29, 1.82) is 0 Å². The molecule has 8 heteroatoms. The number of methoxy groups -OCH3 is 2. The molecule has 0 spiro atoms. The Balaban J connectivity index is 2.26. The monoisotopic (exact) mass is 411 g/mol. The van der Waals surface area contributed by atoms with E-state index in [9.17, 15) is 14.4 Å². The number of para-hydroxylation sites is 1. The van der Waals surface area contributed by atoms with Crippen LogP contribution in [0.4, 0.5) is 0 Å². The number of hydrogen-bond acceptors (Lipinski definition) is 5. The summed E-state index contributed by atoms with van der Waals surface area (Å²) in [5.41, 5.74) is -0.440. The largest absolute Gasteiger partial charge is 0.497 e. The predicted octanol–water partition coefficient (Wildman–Crippen LogP) is 2.08. The number of aromatic nitrogens is 2. The second kappa shape index (κ2) is 8.86. The number of carbonyl (C=O) groups excluding carboxylic acids is 1. The second-order valence-corrected chi connectivity index (χ2v) is 6.94. The number of carbonyl (C=O) groups is 1. The molecule has 1 heterocycles. The van der Waals surface area contributed by atoms with Gasteiger partial charge < -0.3 is 14.8 Å². The van der Waals surface area contributed by atoms with E-state index in [0.717, 1.165) is 11.0 Å².